The maximum atomic E-state index is 9.78. The lowest BCUT2D eigenvalue weighted by Crippen LogP contribution is -2.25. The summed E-state index contributed by atoms with van der Waals surface area (Å²) in [5.74, 6) is 0.772. The summed E-state index contributed by atoms with van der Waals surface area (Å²) < 4.78 is 5.89. The fourth-order valence-corrected chi connectivity index (χ4v) is 2.38. The second kappa shape index (κ2) is 4.34. The van der Waals surface area contributed by atoms with Crippen LogP contribution in [0.3, 0.4) is 0 Å². The number of aromatic nitrogens is 1. The van der Waals surface area contributed by atoms with Crippen LogP contribution < -0.4 is 4.74 Å². The van der Waals surface area contributed by atoms with Crippen LogP contribution in [-0.2, 0) is 0 Å². The summed E-state index contributed by atoms with van der Waals surface area (Å²) in [6, 6.07) is 9.82. The lowest BCUT2D eigenvalue weighted by molar-refractivity contribution is 0.0613. The van der Waals surface area contributed by atoms with Gasteiger partial charge in [-0.1, -0.05) is 18.2 Å². The van der Waals surface area contributed by atoms with E-state index in [-0.39, 0.29) is 12.2 Å². The highest BCUT2D eigenvalue weighted by molar-refractivity contribution is 5.84. The molecule has 2 aromatic rings. The maximum Gasteiger partial charge on any atom is 0.146 e. The summed E-state index contributed by atoms with van der Waals surface area (Å²) in [4.78, 5) is 4.34. The van der Waals surface area contributed by atoms with E-state index in [0.29, 0.717) is 0 Å². The van der Waals surface area contributed by atoms with E-state index >= 15 is 0 Å². The largest absolute Gasteiger partial charge is 0.485 e. The highest BCUT2D eigenvalue weighted by atomic mass is 16.5. The molecule has 1 aliphatic rings. The van der Waals surface area contributed by atoms with Crippen LogP contribution in [0.15, 0.2) is 36.5 Å². The molecule has 0 bridgehead atoms. The molecule has 1 fully saturated rings. The Morgan fingerprint density at radius 2 is 2.06 bits per heavy atom. The molecule has 1 aromatic heterocycles. The van der Waals surface area contributed by atoms with Crippen molar-refractivity contribution in [2.45, 2.75) is 31.5 Å². The predicted octanol–water partition coefficient (Wildman–Crippen LogP) is 2.53. The molecule has 3 heteroatoms. The molecule has 0 radical (unpaired) electrons. The Morgan fingerprint density at radius 3 is 2.88 bits per heavy atom. The van der Waals surface area contributed by atoms with Crippen molar-refractivity contribution in [1.29, 1.82) is 0 Å². The van der Waals surface area contributed by atoms with Crippen LogP contribution in [0.5, 0.6) is 5.75 Å². The molecule has 1 saturated carbocycles. The molecule has 17 heavy (non-hydrogen) atoms. The minimum atomic E-state index is -0.339. The van der Waals surface area contributed by atoms with Gasteiger partial charge in [-0.3, -0.25) is 4.98 Å². The zero-order chi connectivity index (χ0) is 11.7. The number of hydrogen-bond donors (Lipinski definition) is 1. The van der Waals surface area contributed by atoms with Crippen LogP contribution in [0.1, 0.15) is 19.3 Å². The second-order valence-corrected chi connectivity index (χ2v) is 4.49. The quantitative estimate of drug-likeness (QED) is 0.860. The molecule has 0 aliphatic heterocycles. The summed E-state index contributed by atoms with van der Waals surface area (Å²) in [5, 5.41) is 10.8. The van der Waals surface area contributed by atoms with E-state index in [9.17, 15) is 5.11 Å². The van der Waals surface area contributed by atoms with Crippen molar-refractivity contribution in [3.63, 3.8) is 0 Å². The van der Waals surface area contributed by atoms with Crippen molar-refractivity contribution in [2.24, 2.45) is 0 Å². The van der Waals surface area contributed by atoms with E-state index in [0.717, 1.165) is 35.9 Å². The van der Waals surface area contributed by atoms with Crippen LogP contribution in [0, 0.1) is 0 Å². The van der Waals surface area contributed by atoms with Gasteiger partial charge >= 0.3 is 0 Å². The minimum Gasteiger partial charge on any atom is -0.485 e. The molecule has 0 saturated heterocycles. The molecule has 0 amide bonds. The van der Waals surface area contributed by atoms with Gasteiger partial charge in [-0.2, -0.15) is 0 Å². The minimum absolute atomic E-state index is 0.0809. The summed E-state index contributed by atoms with van der Waals surface area (Å²) >= 11 is 0. The first-order chi connectivity index (χ1) is 8.34. The Morgan fingerprint density at radius 1 is 1.18 bits per heavy atom. The molecule has 1 aromatic carbocycles. The topological polar surface area (TPSA) is 42.4 Å². The maximum absolute atomic E-state index is 9.78. The number of aliphatic hydroxyl groups excluding tert-OH is 1. The average Bonchev–Trinajstić information content (AvgIpc) is 2.76. The van der Waals surface area contributed by atoms with E-state index in [1.165, 1.54) is 0 Å². The number of nitrogens with zero attached hydrogens (tertiary/aromatic N) is 1. The predicted molar refractivity (Wildman–Crippen MR) is 66.0 cm³/mol. The summed E-state index contributed by atoms with van der Waals surface area (Å²) in [6.45, 7) is 0. The SMILES string of the molecule is O[C@H]1CCC[C@@H]1Oc1cccc2cccnc12. The van der Waals surface area contributed by atoms with Crippen LogP contribution in [-0.4, -0.2) is 22.3 Å². The normalized spacial score (nSPS) is 24.1. The lowest BCUT2D eigenvalue weighted by atomic mass is 10.2. The van der Waals surface area contributed by atoms with Crippen molar-refractivity contribution in [3.8, 4) is 5.75 Å². The van der Waals surface area contributed by atoms with Crippen LogP contribution in [0.2, 0.25) is 0 Å². The summed E-state index contributed by atoms with van der Waals surface area (Å²) in [5.41, 5.74) is 0.870. The number of para-hydroxylation sites is 1. The number of aliphatic hydroxyl groups is 1. The fraction of sp³-hybridized carbons (Fsp3) is 0.357. The summed E-state index contributed by atoms with van der Waals surface area (Å²) in [7, 11) is 0. The first-order valence-electron chi connectivity index (χ1n) is 6.03. The Balaban J connectivity index is 1.94. The highest BCUT2D eigenvalue weighted by Gasteiger charge is 2.27. The molecule has 1 aliphatic carbocycles. The Hall–Kier alpha value is -1.61. The van der Waals surface area contributed by atoms with Crippen molar-refractivity contribution in [1.82, 2.24) is 4.98 Å². The van der Waals surface area contributed by atoms with Gasteiger partial charge < -0.3 is 9.84 Å². The molecular formula is C14H15NO2. The molecule has 0 spiro atoms. The van der Waals surface area contributed by atoms with Gasteiger partial charge in [-0.25, -0.2) is 0 Å². The van der Waals surface area contributed by atoms with Gasteiger partial charge in [0, 0.05) is 11.6 Å². The number of benzene rings is 1. The van der Waals surface area contributed by atoms with E-state index in [1.807, 2.05) is 30.3 Å². The Labute approximate surface area is 100 Å². The monoisotopic (exact) mass is 229 g/mol. The zero-order valence-corrected chi connectivity index (χ0v) is 9.54. The van der Waals surface area contributed by atoms with Crippen LogP contribution in [0.4, 0.5) is 0 Å². The standard InChI is InChI=1S/C14H15NO2/c16-11-6-2-7-12(11)17-13-8-1-4-10-5-3-9-15-14(10)13/h1,3-5,8-9,11-12,16H,2,6-7H2/t11-,12-/m0/s1. The first kappa shape index (κ1) is 10.5. The molecule has 3 nitrogen and oxygen atoms in total. The summed E-state index contributed by atoms with van der Waals surface area (Å²) in [6.07, 6.45) is 4.13. The van der Waals surface area contributed by atoms with Gasteiger partial charge in [-0.15, -0.1) is 0 Å². The number of ether oxygens (including phenoxy) is 1. The average molecular weight is 229 g/mol. The Bertz CT molecular complexity index is 521. The van der Waals surface area contributed by atoms with Gasteiger partial charge in [0.15, 0.2) is 0 Å². The third-order valence-corrected chi connectivity index (χ3v) is 3.29. The van der Waals surface area contributed by atoms with E-state index < -0.39 is 0 Å². The van der Waals surface area contributed by atoms with Crippen molar-refractivity contribution < 1.29 is 9.84 Å². The molecular weight excluding hydrogens is 214 g/mol. The molecule has 1 heterocycles. The third kappa shape index (κ3) is 1.98. The van der Waals surface area contributed by atoms with E-state index in [2.05, 4.69) is 4.98 Å². The number of pyridine rings is 1. The van der Waals surface area contributed by atoms with Crippen molar-refractivity contribution >= 4 is 10.9 Å². The van der Waals surface area contributed by atoms with Crippen LogP contribution >= 0.6 is 0 Å². The number of rotatable bonds is 2. The van der Waals surface area contributed by atoms with E-state index in [4.69, 9.17) is 4.74 Å². The lowest BCUT2D eigenvalue weighted by Gasteiger charge is -2.17. The van der Waals surface area contributed by atoms with Crippen molar-refractivity contribution in [2.75, 3.05) is 0 Å². The van der Waals surface area contributed by atoms with Gasteiger partial charge in [0.2, 0.25) is 0 Å². The molecule has 88 valence electrons. The van der Waals surface area contributed by atoms with Crippen LogP contribution in [0.25, 0.3) is 10.9 Å². The smallest absolute Gasteiger partial charge is 0.146 e. The second-order valence-electron chi connectivity index (χ2n) is 4.49. The fourth-order valence-electron chi connectivity index (χ4n) is 2.38. The zero-order valence-electron chi connectivity index (χ0n) is 9.54. The number of fused-ring (bicyclic) bond motifs is 1. The van der Waals surface area contributed by atoms with Gasteiger partial charge in [0.1, 0.15) is 17.4 Å². The molecule has 1 N–H and O–H groups in total. The molecule has 0 unspecified atom stereocenters. The van der Waals surface area contributed by atoms with Gasteiger partial charge in [0.25, 0.3) is 0 Å². The van der Waals surface area contributed by atoms with Gasteiger partial charge in [-0.05, 0) is 31.4 Å². The number of hydrogen-bond acceptors (Lipinski definition) is 3. The van der Waals surface area contributed by atoms with Gasteiger partial charge in [0.05, 0.1) is 6.10 Å². The molecule has 2 atom stereocenters. The van der Waals surface area contributed by atoms with E-state index in [1.54, 1.807) is 6.20 Å². The molecule has 3 rings (SSSR count). The first-order valence-corrected chi connectivity index (χ1v) is 6.03. The Kier molecular flexibility index (Phi) is 2.69. The highest BCUT2D eigenvalue weighted by Crippen LogP contribution is 2.28. The third-order valence-electron chi connectivity index (χ3n) is 3.29. The van der Waals surface area contributed by atoms with Crippen molar-refractivity contribution in [3.05, 3.63) is 36.5 Å².